The van der Waals surface area contributed by atoms with Crippen LogP contribution in [0.4, 0.5) is 5.69 Å². The number of nitrogens with zero attached hydrogens (tertiary/aromatic N) is 3. The van der Waals surface area contributed by atoms with Gasteiger partial charge in [-0.15, -0.1) is 0 Å². The number of aromatic nitrogens is 3. The molecule has 2 aliphatic heterocycles. The molecule has 1 saturated heterocycles. The average Bonchev–Trinajstić information content (AvgIpc) is 3.34. The highest BCUT2D eigenvalue weighted by molar-refractivity contribution is 7.91. The van der Waals surface area contributed by atoms with Gasteiger partial charge < -0.3 is 10.1 Å². The molecule has 0 aromatic carbocycles. The molecule has 31 heavy (non-hydrogen) atoms. The molecule has 3 aliphatic rings. The lowest BCUT2D eigenvalue weighted by Gasteiger charge is -2.41. The molecule has 4 heterocycles. The van der Waals surface area contributed by atoms with Crippen LogP contribution < -0.4 is 10.8 Å². The Hall–Kier alpha value is -2.17. The zero-order valence-corrected chi connectivity index (χ0v) is 18.7. The molecule has 1 saturated carbocycles. The second kappa shape index (κ2) is 7.75. The fourth-order valence-electron chi connectivity index (χ4n) is 4.94. The van der Waals surface area contributed by atoms with Crippen molar-refractivity contribution >= 4 is 32.3 Å². The Labute approximate surface area is 182 Å². The quantitative estimate of drug-likeness (QED) is 0.693. The fraction of sp³-hybridized carbons (Fsp3) is 0.619. The van der Waals surface area contributed by atoms with E-state index in [9.17, 15) is 8.42 Å². The number of hydrogen-bond donors (Lipinski definition) is 2. The van der Waals surface area contributed by atoms with Crippen LogP contribution in [0.3, 0.4) is 0 Å². The Morgan fingerprint density at radius 2 is 2.10 bits per heavy atom. The Kier molecular flexibility index (Phi) is 5.18. The highest BCUT2D eigenvalue weighted by Crippen LogP contribution is 2.46. The van der Waals surface area contributed by atoms with Crippen LogP contribution >= 0.6 is 0 Å². The summed E-state index contributed by atoms with van der Waals surface area (Å²) in [6.45, 7) is 3.51. The number of rotatable bonds is 6. The zero-order valence-electron chi connectivity index (χ0n) is 17.9. The molecule has 0 amide bonds. The Morgan fingerprint density at radius 1 is 1.32 bits per heavy atom. The minimum Gasteiger partial charge on any atom is -0.384 e. The normalized spacial score (nSPS) is 23.0. The maximum atomic E-state index is 11.9. The molecule has 2 aromatic heterocycles. The van der Waals surface area contributed by atoms with Crippen LogP contribution in [0.2, 0.25) is 0 Å². The van der Waals surface area contributed by atoms with E-state index < -0.39 is 9.84 Å². The van der Waals surface area contributed by atoms with Crippen molar-refractivity contribution < 1.29 is 18.0 Å². The van der Waals surface area contributed by atoms with Crippen LogP contribution in [-0.4, -0.2) is 60.0 Å². The summed E-state index contributed by atoms with van der Waals surface area (Å²) in [5, 5.41) is 9.03. The molecule has 2 aromatic rings. The van der Waals surface area contributed by atoms with Crippen molar-refractivity contribution in [2.75, 3.05) is 30.5 Å². The summed E-state index contributed by atoms with van der Waals surface area (Å²) in [6, 6.07) is 0.0875. The molecule has 2 fully saturated rings. The number of fused-ring (bicyclic) bond motifs is 1. The Bertz CT molecular complexity index is 1110. The maximum absolute atomic E-state index is 11.9. The zero-order chi connectivity index (χ0) is 21.6. The largest absolute Gasteiger partial charge is 0.384 e. The number of aryl methyl sites for hydroxylation is 1. The first-order valence-corrected chi connectivity index (χ1v) is 12.7. The summed E-state index contributed by atoms with van der Waals surface area (Å²) in [4.78, 5) is 10.7. The lowest BCUT2D eigenvalue weighted by molar-refractivity contribution is -0.121. The average molecular weight is 448 g/mol. The molecule has 0 atom stereocenters. The van der Waals surface area contributed by atoms with E-state index in [1.165, 1.54) is 0 Å². The number of nitrogens with one attached hydrogen (secondary N) is 2. The predicted octanol–water partition coefficient (Wildman–Crippen LogP) is 2.11. The van der Waals surface area contributed by atoms with Crippen LogP contribution in [-0.2, 0) is 26.0 Å². The van der Waals surface area contributed by atoms with Crippen molar-refractivity contribution in [3.8, 4) is 0 Å². The lowest BCUT2D eigenvalue weighted by atomic mass is 9.71. The Morgan fingerprint density at radius 3 is 2.81 bits per heavy atom. The van der Waals surface area contributed by atoms with Crippen molar-refractivity contribution in [2.45, 2.75) is 50.8 Å². The predicted molar refractivity (Wildman–Crippen MR) is 118 cm³/mol. The van der Waals surface area contributed by atoms with Gasteiger partial charge in [0.05, 0.1) is 34.5 Å². The van der Waals surface area contributed by atoms with Crippen molar-refractivity contribution in [1.29, 1.82) is 0 Å². The summed E-state index contributed by atoms with van der Waals surface area (Å²) in [5.74, 6) is 0.945. The van der Waals surface area contributed by atoms with Crippen molar-refractivity contribution in [2.24, 2.45) is 5.92 Å². The number of anilines is 1. The van der Waals surface area contributed by atoms with E-state index in [1.807, 2.05) is 24.0 Å². The number of ether oxygens (including phenoxy) is 1. The standard InChI is InChI=1S/C21H29N5O4S/c1-3-26-20-17(12-23-26)19(24-15-4-6-31(27,28)7-5-15)16(11-22-20)18-10-21(30-25-18)8-14(9-21)13-29-2/h10-12,14-15,25H,3-9,13H2,1-2H3,(H,22,24). The van der Waals surface area contributed by atoms with Gasteiger partial charge in [-0.2, -0.15) is 5.10 Å². The van der Waals surface area contributed by atoms with Gasteiger partial charge in [0, 0.05) is 38.1 Å². The molecule has 168 valence electrons. The van der Waals surface area contributed by atoms with Crippen LogP contribution in [0.1, 0.15) is 38.2 Å². The van der Waals surface area contributed by atoms with Crippen LogP contribution in [0.25, 0.3) is 16.7 Å². The van der Waals surface area contributed by atoms with Gasteiger partial charge in [-0.1, -0.05) is 0 Å². The van der Waals surface area contributed by atoms with Gasteiger partial charge in [-0.3, -0.25) is 10.3 Å². The van der Waals surface area contributed by atoms with E-state index in [-0.39, 0.29) is 23.1 Å². The number of methoxy groups -OCH3 is 1. The molecular formula is C21H29N5O4S. The molecule has 2 N–H and O–H groups in total. The number of pyridine rings is 1. The summed E-state index contributed by atoms with van der Waals surface area (Å²) in [6.07, 6.45) is 8.88. The maximum Gasteiger partial charge on any atom is 0.159 e. The molecule has 1 spiro atoms. The number of hydroxylamine groups is 1. The smallest absolute Gasteiger partial charge is 0.159 e. The second-order valence-corrected chi connectivity index (χ2v) is 11.2. The van der Waals surface area contributed by atoms with Crippen molar-refractivity contribution in [3.63, 3.8) is 0 Å². The van der Waals surface area contributed by atoms with E-state index in [2.05, 4.69) is 27.0 Å². The summed E-state index contributed by atoms with van der Waals surface area (Å²) in [7, 11) is -1.19. The molecule has 5 rings (SSSR count). The van der Waals surface area contributed by atoms with Crippen LogP contribution in [0.15, 0.2) is 18.5 Å². The third kappa shape index (κ3) is 3.81. The first-order valence-electron chi connectivity index (χ1n) is 10.9. The van der Waals surface area contributed by atoms with Gasteiger partial charge >= 0.3 is 0 Å². The third-order valence-electron chi connectivity index (χ3n) is 6.60. The molecule has 0 bridgehead atoms. The van der Waals surface area contributed by atoms with E-state index in [0.29, 0.717) is 18.8 Å². The van der Waals surface area contributed by atoms with Gasteiger partial charge in [-0.05, 0) is 44.6 Å². The summed E-state index contributed by atoms with van der Waals surface area (Å²) >= 11 is 0. The summed E-state index contributed by atoms with van der Waals surface area (Å²) < 4.78 is 30.9. The van der Waals surface area contributed by atoms with Gasteiger partial charge in [0.15, 0.2) is 5.65 Å². The van der Waals surface area contributed by atoms with Gasteiger partial charge in [-0.25, -0.2) is 18.1 Å². The SMILES string of the molecule is CCn1ncc2c(NC3CCS(=O)(=O)CC3)c(C3=CC4(CC(COC)C4)ON3)cnc21. The fourth-order valence-corrected chi connectivity index (χ4v) is 6.43. The summed E-state index contributed by atoms with van der Waals surface area (Å²) in [5.41, 5.74) is 6.38. The van der Waals surface area contributed by atoms with Gasteiger partial charge in [0.1, 0.15) is 15.4 Å². The van der Waals surface area contributed by atoms with Gasteiger partial charge in [0.25, 0.3) is 0 Å². The minimum atomic E-state index is -2.92. The van der Waals surface area contributed by atoms with E-state index in [1.54, 1.807) is 7.11 Å². The highest BCUT2D eigenvalue weighted by atomic mass is 32.2. The molecule has 0 radical (unpaired) electrons. The van der Waals surface area contributed by atoms with Gasteiger partial charge in [0.2, 0.25) is 0 Å². The molecular weight excluding hydrogens is 418 g/mol. The lowest BCUT2D eigenvalue weighted by Crippen LogP contribution is -2.45. The van der Waals surface area contributed by atoms with Crippen LogP contribution in [0, 0.1) is 5.92 Å². The number of hydrogen-bond acceptors (Lipinski definition) is 8. The molecule has 10 heteroatoms. The molecule has 9 nitrogen and oxygen atoms in total. The number of sulfone groups is 1. The minimum absolute atomic E-state index is 0.0875. The van der Waals surface area contributed by atoms with E-state index >= 15 is 0 Å². The molecule has 0 unspecified atom stereocenters. The third-order valence-corrected chi connectivity index (χ3v) is 8.32. The highest BCUT2D eigenvalue weighted by Gasteiger charge is 2.48. The first-order chi connectivity index (χ1) is 14.9. The Balaban J connectivity index is 1.47. The van der Waals surface area contributed by atoms with E-state index in [4.69, 9.17) is 9.57 Å². The van der Waals surface area contributed by atoms with Crippen LogP contribution in [0.5, 0.6) is 0 Å². The second-order valence-electron chi connectivity index (χ2n) is 8.87. The van der Waals surface area contributed by atoms with Crippen molar-refractivity contribution in [3.05, 3.63) is 24.0 Å². The first kappa shape index (κ1) is 20.7. The topological polar surface area (TPSA) is 107 Å². The van der Waals surface area contributed by atoms with E-state index in [0.717, 1.165) is 54.0 Å². The monoisotopic (exact) mass is 447 g/mol. The molecule has 1 aliphatic carbocycles. The van der Waals surface area contributed by atoms with Crippen molar-refractivity contribution in [1.82, 2.24) is 20.2 Å².